The number of carbonyl (C=O) groups is 3. The molecule has 0 bridgehead atoms. The molecule has 1 unspecified atom stereocenters. The molecule has 1 aromatic rings. The number of fused-ring (bicyclic) bond motifs is 1. The molecule has 0 aliphatic carbocycles. The van der Waals surface area contributed by atoms with E-state index in [-0.39, 0.29) is 19.1 Å². The van der Waals surface area contributed by atoms with Crippen molar-refractivity contribution < 1.29 is 23.9 Å². The van der Waals surface area contributed by atoms with Crippen molar-refractivity contribution in [3.05, 3.63) is 29.8 Å². The number of hydrogen-bond acceptors (Lipinski definition) is 5. The second-order valence-electron chi connectivity index (χ2n) is 5.52. The van der Waals surface area contributed by atoms with Crippen LogP contribution in [0.3, 0.4) is 0 Å². The van der Waals surface area contributed by atoms with Crippen molar-refractivity contribution in [1.82, 2.24) is 15.1 Å². The van der Waals surface area contributed by atoms with Crippen LogP contribution in [0.1, 0.15) is 12.0 Å². The third-order valence-corrected chi connectivity index (χ3v) is 3.93. The molecule has 1 aromatic carbocycles. The number of amides is 4. The molecule has 2 heterocycles. The lowest BCUT2D eigenvalue weighted by molar-refractivity contribution is -0.132. The maximum atomic E-state index is 12.0. The molecular weight excluding hydrogens is 314 g/mol. The predicted octanol–water partition coefficient (Wildman–Crippen LogP) is 0.785. The van der Waals surface area contributed by atoms with E-state index >= 15 is 0 Å². The van der Waals surface area contributed by atoms with Crippen LogP contribution >= 0.6 is 0 Å². The van der Waals surface area contributed by atoms with Gasteiger partial charge in [0, 0.05) is 20.2 Å². The predicted molar refractivity (Wildman–Crippen MR) is 84.1 cm³/mol. The van der Waals surface area contributed by atoms with Crippen molar-refractivity contribution in [2.45, 2.75) is 12.6 Å². The highest BCUT2D eigenvalue weighted by atomic mass is 16.7. The van der Waals surface area contributed by atoms with Crippen LogP contribution in [0.4, 0.5) is 4.79 Å². The highest BCUT2D eigenvalue weighted by Crippen LogP contribution is 2.32. The first-order valence-corrected chi connectivity index (χ1v) is 7.37. The van der Waals surface area contributed by atoms with E-state index in [4.69, 9.17) is 9.47 Å². The molecule has 0 radical (unpaired) electrons. The van der Waals surface area contributed by atoms with E-state index in [1.54, 1.807) is 24.3 Å². The summed E-state index contributed by atoms with van der Waals surface area (Å²) in [6, 6.07) is 4.88. The Labute approximate surface area is 138 Å². The summed E-state index contributed by atoms with van der Waals surface area (Å²) in [4.78, 5) is 38.0. The topological polar surface area (TPSA) is 88.2 Å². The van der Waals surface area contributed by atoms with Gasteiger partial charge in [0.15, 0.2) is 11.5 Å². The van der Waals surface area contributed by atoms with Crippen LogP contribution in [0, 0.1) is 0 Å². The minimum absolute atomic E-state index is 0.0440. The first-order valence-electron chi connectivity index (χ1n) is 7.37. The molecular formula is C16H17N3O5. The van der Waals surface area contributed by atoms with Crippen LogP contribution in [-0.4, -0.2) is 54.7 Å². The molecule has 1 fully saturated rings. The van der Waals surface area contributed by atoms with Crippen LogP contribution in [-0.2, 0) is 9.59 Å². The van der Waals surface area contributed by atoms with E-state index in [1.165, 1.54) is 25.1 Å². The quantitative estimate of drug-likeness (QED) is 0.827. The summed E-state index contributed by atoms with van der Waals surface area (Å²) in [6.07, 6.45) is 2.35. The second-order valence-corrected chi connectivity index (χ2v) is 5.52. The fourth-order valence-corrected chi connectivity index (χ4v) is 2.46. The van der Waals surface area contributed by atoms with Crippen LogP contribution in [0.2, 0.25) is 0 Å². The molecule has 24 heavy (non-hydrogen) atoms. The van der Waals surface area contributed by atoms with Crippen molar-refractivity contribution in [3.63, 3.8) is 0 Å². The minimum atomic E-state index is -0.657. The number of nitrogens with one attached hydrogen (secondary N) is 1. The van der Waals surface area contributed by atoms with Gasteiger partial charge in [-0.2, -0.15) is 0 Å². The molecule has 2 aliphatic rings. The Morgan fingerprint density at radius 1 is 1.25 bits per heavy atom. The van der Waals surface area contributed by atoms with Gasteiger partial charge in [-0.05, 0) is 23.8 Å². The highest BCUT2D eigenvalue weighted by Gasteiger charge is 2.34. The lowest BCUT2D eigenvalue weighted by Crippen LogP contribution is -2.59. The molecule has 1 N–H and O–H groups in total. The summed E-state index contributed by atoms with van der Waals surface area (Å²) in [5.74, 6) is 0.572. The Bertz CT molecular complexity index is 730. The van der Waals surface area contributed by atoms with Crippen molar-refractivity contribution >= 4 is 23.9 Å². The maximum absolute atomic E-state index is 12.0. The lowest BCUT2D eigenvalue weighted by Gasteiger charge is -2.36. The monoisotopic (exact) mass is 331 g/mol. The van der Waals surface area contributed by atoms with Gasteiger partial charge >= 0.3 is 6.03 Å². The van der Waals surface area contributed by atoms with Crippen LogP contribution < -0.4 is 14.8 Å². The molecule has 8 heteroatoms. The number of nitrogens with zero attached hydrogens (tertiary/aromatic N) is 2. The van der Waals surface area contributed by atoms with Gasteiger partial charge in [-0.3, -0.25) is 14.5 Å². The smallest absolute Gasteiger partial charge is 0.327 e. The van der Waals surface area contributed by atoms with Gasteiger partial charge in [-0.15, -0.1) is 0 Å². The number of benzene rings is 1. The normalized spacial score (nSPS) is 20.0. The molecule has 8 nitrogen and oxygen atoms in total. The molecule has 3 rings (SSSR count). The van der Waals surface area contributed by atoms with Crippen molar-refractivity contribution in [2.24, 2.45) is 0 Å². The summed E-state index contributed by atoms with van der Waals surface area (Å²) < 4.78 is 10.5. The second kappa shape index (κ2) is 6.23. The fraction of sp³-hybridized carbons (Fsp3) is 0.312. The first kappa shape index (κ1) is 15.9. The summed E-state index contributed by atoms with van der Waals surface area (Å²) in [6.45, 7) is 0.188. The Hall–Kier alpha value is -3.03. The third-order valence-electron chi connectivity index (χ3n) is 3.93. The van der Waals surface area contributed by atoms with Gasteiger partial charge in [0.05, 0.1) is 6.42 Å². The molecule has 1 atom stereocenters. The van der Waals surface area contributed by atoms with Gasteiger partial charge in [-0.1, -0.05) is 6.07 Å². The summed E-state index contributed by atoms with van der Waals surface area (Å²) in [7, 11) is 2.95. The molecule has 4 amide bonds. The van der Waals surface area contributed by atoms with E-state index in [9.17, 15) is 14.4 Å². The van der Waals surface area contributed by atoms with Gasteiger partial charge in [0.1, 0.15) is 6.17 Å². The van der Waals surface area contributed by atoms with E-state index in [2.05, 4.69) is 5.32 Å². The van der Waals surface area contributed by atoms with Crippen molar-refractivity contribution in [3.8, 4) is 11.5 Å². The fourth-order valence-electron chi connectivity index (χ4n) is 2.46. The number of imide groups is 1. The molecule has 2 aliphatic heterocycles. The average Bonchev–Trinajstić information content (AvgIpc) is 3.03. The number of rotatable bonds is 3. The van der Waals surface area contributed by atoms with E-state index in [1.807, 2.05) is 0 Å². The summed E-state index contributed by atoms with van der Waals surface area (Å²) in [5, 5.41) is 2.65. The van der Waals surface area contributed by atoms with Gasteiger partial charge in [0.25, 0.3) is 0 Å². The van der Waals surface area contributed by atoms with E-state index < -0.39 is 18.1 Å². The number of hydrogen-bond donors (Lipinski definition) is 1. The molecule has 1 saturated heterocycles. The summed E-state index contributed by atoms with van der Waals surface area (Å²) >= 11 is 0. The zero-order valence-electron chi connectivity index (χ0n) is 13.3. The van der Waals surface area contributed by atoms with Crippen molar-refractivity contribution in [1.29, 1.82) is 0 Å². The van der Waals surface area contributed by atoms with Crippen LogP contribution in [0.25, 0.3) is 6.08 Å². The number of ether oxygens (including phenoxy) is 2. The zero-order chi connectivity index (χ0) is 17.3. The van der Waals surface area contributed by atoms with Crippen molar-refractivity contribution in [2.75, 3.05) is 20.9 Å². The van der Waals surface area contributed by atoms with Crippen LogP contribution in [0.15, 0.2) is 24.3 Å². The Morgan fingerprint density at radius 2 is 2.00 bits per heavy atom. The summed E-state index contributed by atoms with van der Waals surface area (Å²) in [5.41, 5.74) is 0.776. The molecule has 0 spiro atoms. The Balaban J connectivity index is 1.63. The Morgan fingerprint density at radius 3 is 2.79 bits per heavy atom. The van der Waals surface area contributed by atoms with Gasteiger partial charge in [-0.25, -0.2) is 4.79 Å². The highest BCUT2D eigenvalue weighted by molar-refractivity contribution is 5.98. The maximum Gasteiger partial charge on any atom is 0.327 e. The van der Waals surface area contributed by atoms with E-state index in [0.29, 0.717) is 11.5 Å². The lowest BCUT2D eigenvalue weighted by atomic mass is 10.2. The van der Waals surface area contributed by atoms with Gasteiger partial charge < -0.3 is 19.7 Å². The average molecular weight is 331 g/mol. The number of carbonyl (C=O) groups excluding carboxylic acids is 3. The van der Waals surface area contributed by atoms with E-state index in [0.717, 1.165) is 10.5 Å². The molecule has 126 valence electrons. The molecule has 0 saturated carbocycles. The van der Waals surface area contributed by atoms with Gasteiger partial charge in [0.2, 0.25) is 18.6 Å². The largest absolute Gasteiger partial charge is 0.454 e. The number of urea groups is 1. The zero-order valence-corrected chi connectivity index (χ0v) is 13.3. The minimum Gasteiger partial charge on any atom is -0.454 e. The third kappa shape index (κ3) is 3.03. The Kier molecular flexibility index (Phi) is 4.11. The van der Waals surface area contributed by atoms with Crippen LogP contribution in [0.5, 0.6) is 11.5 Å². The first-order chi connectivity index (χ1) is 11.5. The standard InChI is InChI=1S/C16H17N3O5/c1-18-13(8-15(21)19(2)16(18)22)17-14(20)6-4-10-3-5-11-12(7-10)24-9-23-11/h3-7,13H,8-9H2,1-2H3,(H,17,20)/b6-4+. The SMILES string of the molecule is CN1C(=O)CC(NC(=O)/C=C/c2ccc3c(c2)OCO3)N(C)C1=O. The molecule has 0 aromatic heterocycles.